The largest absolute Gasteiger partial charge is 0.369 e. The van der Waals surface area contributed by atoms with Crippen LogP contribution in [-0.4, -0.2) is 58.6 Å². The van der Waals surface area contributed by atoms with Crippen LogP contribution in [0.25, 0.3) is 0 Å². The van der Waals surface area contributed by atoms with Crippen molar-refractivity contribution in [1.29, 1.82) is 0 Å². The van der Waals surface area contributed by atoms with Crippen molar-refractivity contribution in [3.8, 4) is 0 Å². The molecule has 0 aromatic heterocycles. The van der Waals surface area contributed by atoms with E-state index < -0.39 is 11.6 Å². The molecule has 2 unspecified atom stereocenters. The van der Waals surface area contributed by atoms with Crippen LogP contribution in [-0.2, 0) is 0 Å². The molecule has 1 heterocycles. The third-order valence-corrected chi connectivity index (χ3v) is 6.08. The predicted molar refractivity (Wildman–Crippen MR) is 131 cm³/mol. The molecule has 0 amide bonds. The minimum absolute atomic E-state index is 0.107. The first-order chi connectivity index (χ1) is 15.4. The van der Waals surface area contributed by atoms with Gasteiger partial charge in [0.2, 0.25) is 0 Å². The van der Waals surface area contributed by atoms with E-state index in [1.165, 1.54) is 6.07 Å². The van der Waals surface area contributed by atoms with Crippen LogP contribution < -0.4 is 4.90 Å². The topological polar surface area (TPSA) is 52.7 Å². The van der Waals surface area contributed by atoms with E-state index in [1.54, 1.807) is 6.20 Å². The van der Waals surface area contributed by atoms with Crippen molar-refractivity contribution in [3.63, 3.8) is 0 Å². The van der Waals surface area contributed by atoms with Gasteiger partial charge in [-0.1, -0.05) is 13.8 Å². The highest BCUT2D eigenvalue weighted by Crippen LogP contribution is 2.52. The summed E-state index contributed by atoms with van der Waals surface area (Å²) in [4.78, 5) is 18.4. The number of hydrogen-bond donors (Lipinski definition) is 0. The zero-order chi connectivity index (χ0) is 23.1. The Labute approximate surface area is 189 Å². The summed E-state index contributed by atoms with van der Waals surface area (Å²) in [6, 6.07) is 3.17. The standard InChI is InChI=1S/C25H33F2N5/c1-25(2)6-11-32(17-25)23-13-18(12-22(26)24(23)27)20-14-21(20)19(15-29-4)16-31-10-9-30-8-5-7-28-3/h8,12-13,15-16,20-21H,3-7,9-11,14,17H2,1-2H3/b19-15+,30-8?,31-16?. The minimum Gasteiger partial charge on any atom is -0.369 e. The molecule has 2 fully saturated rings. The molecule has 3 rings (SSSR count). The van der Waals surface area contributed by atoms with Crippen molar-refractivity contribution in [2.45, 2.75) is 39.0 Å². The number of benzene rings is 1. The molecule has 2 atom stereocenters. The highest BCUT2D eigenvalue weighted by Gasteiger charge is 2.42. The molecule has 1 aromatic rings. The number of hydrogen-bond acceptors (Lipinski definition) is 5. The van der Waals surface area contributed by atoms with Gasteiger partial charge in [0.15, 0.2) is 11.6 Å². The molecule has 2 aliphatic rings. The zero-order valence-electron chi connectivity index (χ0n) is 19.1. The Kier molecular flexibility index (Phi) is 8.04. The molecule has 0 radical (unpaired) electrons. The molecule has 0 bridgehead atoms. The van der Waals surface area contributed by atoms with Gasteiger partial charge in [-0.3, -0.25) is 15.0 Å². The summed E-state index contributed by atoms with van der Waals surface area (Å²) in [7, 11) is 0. The van der Waals surface area contributed by atoms with E-state index in [0.717, 1.165) is 43.5 Å². The molecule has 5 nitrogen and oxygen atoms in total. The van der Waals surface area contributed by atoms with E-state index in [2.05, 4.69) is 47.3 Å². The molecule has 1 aliphatic heterocycles. The van der Waals surface area contributed by atoms with Gasteiger partial charge in [-0.2, -0.15) is 0 Å². The van der Waals surface area contributed by atoms with Gasteiger partial charge in [0.05, 0.1) is 18.8 Å². The van der Waals surface area contributed by atoms with Crippen LogP contribution in [0.5, 0.6) is 0 Å². The maximum absolute atomic E-state index is 14.6. The van der Waals surface area contributed by atoms with Gasteiger partial charge >= 0.3 is 0 Å². The summed E-state index contributed by atoms with van der Waals surface area (Å²) in [5.74, 6) is -1.22. The van der Waals surface area contributed by atoms with Crippen molar-refractivity contribution in [1.82, 2.24) is 0 Å². The van der Waals surface area contributed by atoms with E-state index in [4.69, 9.17) is 0 Å². The van der Waals surface area contributed by atoms with Gasteiger partial charge in [0, 0.05) is 44.7 Å². The summed E-state index contributed by atoms with van der Waals surface area (Å²) >= 11 is 0. The smallest absolute Gasteiger partial charge is 0.182 e. The molecule has 32 heavy (non-hydrogen) atoms. The summed E-state index contributed by atoms with van der Waals surface area (Å²) in [5.41, 5.74) is 2.27. The van der Waals surface area contributed by atoms with Gasteiger partial charge in [-0.25, -0.2) is 8.78 Å². The van der Waals surface area contributed by atoms with Crippen molar-refractivity contribution in [2.24, 2.45) is 31.3 Å². The maximum atomic E-state index is 14.6. The van der Waals surface area contributed by atoms with Crippen LogP contribution in [0.3, 0.4) is 0 Å². The lowest BCUT2D eigenvalue weighted by Gasteiger charge is -2.23. The van der Waals surface area contributed by atoms with Gasteiger partial charge in [-0.15, -0.1) is 0 Å². The van der Waals surface area contributed by atoms with Crippen LogP contribution in [0.15, 0.2) is 43.9 Å². The lowest BCUT2D eigenvalue weighted by atomic mass is 9.93. The molecular formula is C25H33F2N5. The van der Waals surface area contributed by atoms with Gasteiger partial charge in [-0.05, 0) is 66.8 Å². The van der Waals surface area contributed by atoms with Crippen LogP contribution in [0.2, 0.25) is 0 Å². The Hall–Kier alpha value is -2.70. The minimum atomic E-state index is -0.779. The fourth-order valence-corrected chi connectivity index (χ4v) is 4.24. The summed E-state index contributed by atoms with van der Waals surface area (Å²) in [6.45, 7) is 14.6. The first-order valence-corrected chi connectivity index (χ1v) is 11.2. The van der Waals surface area contributed by atoms with Crippen LogP contribution >= 0.6 is 0 Å². The van der Waals surface area contributed by atoms with E-state index in [1.807, 2.05) is 23.4 Å². The average molecular weight is 442 g/mol. The lowest BCUT2D eigenvalue weighted by molar-refractivity contribution is 0.417. The van der Waals surface area contributed by atoms with E-state index >= 15 is 0 Å². The van der Waals surface area contributed by atoms with E-state index in [9.17, 15) is 8.78 Å². The first-order valence-electron chi connectivity index (χ1n) is 11.2. The molecule has 1 aromatic carbocycles. The predicted octanol–water partition coefficient (Wildman–Crippen LogP) is 5.12. The highest BCUT2D eigenvalue weighted by molar-refractivity contribution is 5.80. The molecule has 7 heteroatoms. The highest BCUT2D eigenvalue weighted by atomic mass is 19.2. The molecule has 0 N–H and O–H groups in total. The number of halogens is 2. The molecular weight excluding hydrogens is 408 g/mol. The van der Waals surface area contributed by atoms with Crippen LogP contribution in [0.4, 0.5) is 14.5 Å². The average Bonchev–Trinajstić information content (AvgIpc) is 3.47. The van der Waals surface area contributed by atoms with E-state index in [0.29, 0.717) is 25.3 Å². The normalized spacial score (nSPS) is 22.8. The van der Waals surface area contributed by atoms with Crippen molar-refractivity contribution >= 4 is 31.6 Å². The van der Waals surface area contributed by atoms with Gasteiger partial charge in [0.25, 0.3) is 0 Å². The SMILES string of the molecule is C=N/C=C(\C=NCCN=CCCN=C)C1CC1c1cc(F)c(F)c(N2CCC(C)(C)C2)c1. The number of aliphatic imine (C=N–C) groups is 4. The summed E-state index contributed by atoms with van der Waals surface area (Å²) in [6.07, 6.45) is 7.96. The Morgan fingerprint density at radius 3 is 2.66 bits per heavy atom. The van der Waals surface area contributed by atoms with Crippen molar-refractivity contribution in [2.75, 3.05) is 37.6 Å². The second-order valence-electron chi connectivity index (χ2n) is 9.29. The quantitative estimate of drug-likeness (QED) is 0.347. The molecule has 0 spiro atoms. The molecule has 172 valence electrons. The molecule has 1 aliphatic carbocycles. The molecule has 1 saturated carbocycles. The Morgan fingerprint density at radius 2 is 1.97 bits per heavy atom. The summed E-state index contributed by atoms with van der Waals surface area (Å²) < 4.78 is 29.0. The van der Waals surface area contributed by atoms with Crippen molar-refractivity contribution < 1.29 is 8.78 Å². The fraction of sp³-hybridized carbons (Fsp3) is 0.520. The van der Waals surface area contributed by atoms with Crippen molar-refractivity contribution in [3.05, 3.63) is 41.1 Å². The Morgan fingerprint density at radius 1 is 1.19 bits per heavy atom. The first kappa shape index (κ1) is 24.0. The third-order valence-electron chi connectivity index (χ3n) is 6.08. The zero-order valence-corrected chi connectivity index (χ0v) is 19.1. The van der Waals surface area contributed by atoms with Crippen LogP contribution in [0, 0.1) is 23.0 Å². The third kappa shape index (κ3) is 6.17. The second kappa shape index (κ2) is 10.7. The number of rotatable bonds is 11. The number of anilines is 1. The maximum Gasteiger partial charge on any atom is 0.182 e. The Bertz CT molecular complexity index is 919. The Balaban J connectivity index is 1.65. The fourth-order valence-electron chi connectivity index (χ4n) is 4.24. The number of nitrogens with zero attached hydrogens (tertiary/aromatic N) is 5. The second-order valence-corrected chi connectivity index (χ2v) is 9.29. The van der Waals surface area contributed by atoms with Crippen LogP contribution in [0.1, 0.15) is 44.6 Å². The number of allylic oxidation sites excluding steroid dienone is 1. The molecule has 1 saturated heterocycles. The lowest BCUT2D eigenvalue weighted by Crippen LogP contribution is -2.24. The monoisotopic (exact) mass is 441 g/mol. The van der Waals surface area contributed by atoms with E-state index in [-0.39, 0.29) is 17.3 Å². The summed E-state index contributed by atoms with van der Waals surface area (Å²) in [5, 5.41) is 0. The van der Waals surface area contributed by atoms with Gasteiger partial charge in [0.1, 0.15) is 0 Å². The van der Waals surface area contributed by atoms with Gasteiger partial charge < -0.3 is 9.89 Å².